The van der Waals surface area contributed by atoms with Crippen LogP contribution in [-0.4, -0.2) is 23.0 Å². The van der Waals surface area contributed by atoms with Crippen molar-refractivity contribution < 1.29 is 4.74 Å². The SMILES string of the molecule is Nc1cnn(C2CCOCC2)c1Br. The molecule has 0 aliphatic carbocycles. The van der Waals surface area contributed by atoms with Crippen molar-refractivity contribution in [3.63, 3.8) is 0 Å². The van der Waals surface area contributed by atoms with Crippen LogP contribution in [0.3, 0.4) is 0 Å². The molecule has 1 saturated heterocycles. The van der Waals surface area contributed by atoms with Gasteiger partial charge in [-0.2, -0.15) is 5.10 Å². The van der Waals surface area contributed by atoms with Gasteiger partial charge in [0, 0.05) is 13.2 Å². The molecule has 1 aromatic rings. The molecule has 0 amide bonds. The molecule has 1 aromatic heterocycles. The average Bonchev–Trinajstić information content (AvgIpc) is 2.49. The largest absolute Gasteiger partial charge is 0.395 e. The number of halogens is 1. The number of hydrogen-bond acceptors (Lipinski definition) is 3. The van der Waals surface area contributed by atoms with Crippen LogP contribution in [0.4, 0.5) is 5.69 Å². The van der Waals surface area contributed by atoms with Gasteiger partial charge in [0.25, 0.3) is 0 Å². The smallest absolute Gasteiger partial charge is 0.127 e. The third kappa shape index (κ3) is 1.71. The molecule has 2 heterocycles. The number of aromatic nitrogens is 2. The molecule has 0 saturated carbocycles. The molecule has 0 unspecified atom stereocenters. The summed E-state index contributed by atoms with van der Waals surface area (Å²) in [6.07, 6.45) is 3.71. The number of rotatable bonds is 1. The van der Waals surface area contributed by atoms with Crippen LogP contribution in [0.1, 0.15) is 18.9 Å². The predicted molar refractivity (Wildman–Crippen MR) is 53.4 cm³/mol. The predicted octanol–water partition coefficient (Wildman–Crippen LogP) is 1.58. The maximum Gasteiger partial charge on any atom is 0.127 e. The molecular formula is C8H12BrN3O. The molecular weight excluding hydrogens is 234 g/mol. The Kier molecular flexibility index (Phi) is 2.55. The Balaban J connectivity index is 2.18. The van der Waals surface area contributed by atoms with E-state index in [1.165, 1.54) is 0 Å². The summed E-state index contributed by atoms with van der Waals surface area (Å²) in [6, 6.07) is 0.431. The lowest BCUT2D eigenvalue weighted by Crippen LogP contribution is -2.20. The molecule has 2 rings (SSSR count). The van der Waals surface area contributed by atoms with E-state index < -0.39 is 0 Å². The number of nitrogen functional groups attached to an aromatic ring is 1. The first-order chi connectivity index (χ1) is 6.29. The van der Waals surface area contributed by atoms with Gasteiger partial charge in [-0.1, -0.05) is 0 Å². The molecule has 0 aromatic carbocycles. The molecule has 1 aliphatic rings. The van der Waals surface area contributed by atoms with Gasteiger partial charge >= 0.3 is 0 Å². The van der Waals surface area contributed by atoms with Crippen molar-refractivity contribution in [1.29, 1.82) is 0 Å². The molecule has 13 heavy (non-hydrogen) atoms. The normalized spacial score (nSPS) is 19.2. The summed E-state index contributed by atoms with van der Waals surface area (Å²) < 4.78 is 8.11. The fraction of sp³-hybridized carbons (Fsp3) is 0.625. The zero-order chi connectivity index (χ0) is 9.26. The van der Waals surface area contributed by atoms with Gasteiger partial charge in [-0.3, -0.25) is 4.68 Å². The third-order valence-corrected chi connectivity index (χ3v) is 3.12. The maximum absolute atomic E-state index is 5.69. The van der Waals surface area contributed by atoms with E-state index in [0.717, 1.165) is 30.7 Å². The van der Waals surface area contributed by atoms with E-state index in [0.29, 0.717) is 11.7 Å². The molecule has 4 nitrogen and oxygen atoms in total. The Morgan fingerprint density at radius 3 is 2.77 bits per heavy atom. The Labute approximate surface area is 85.2 Å². The summed E-state index contributed by atoms with van der Waals surface area (Å²) in [5, 5.41) is 4.23. The monoisotopic (exact) mass is 245 g/mol. The molecule has 0 spiro atoms. The standard InChI is InChI=1S/C8H12BrN3O/c9-8-7(10)5-11-12(8)6-1-3-13-4-2-6/h5-6H,1-4,10H2. The van der Waals surface area contributed by atoms with Crippen molar-refractivity contribution in [1.82, 2.24) is 9.78 Å². The van der Waals surface area contributed by atoms with E-state index in [4.69, 9.17) is 10.5 Å². The van der Waals surface area contributed by atoms with Crippen LogP contribution in [0.15, 0.2) is 10.8 Å². The minimum absolute atomic E-state index is 0.431. The van der Waals surface area contributed by atoms with E-state index in [1.807, 2.05) is 4.68 Å². The summed E-state index contributed by atoms with van der Waals surface area (Å²) in [4.78, 5) is 0. The van der Waals surface area contributed by atoms with Crippen molar-refractivity contribution in [2.45, 2.75) is 18.9 Å². The Bertz CT molecular complexity index is 294. The van der Waals surface area contributed by atoms with Crippen molar-refractivity contribution in [2.75, 3.05) is 18.9 Å². The van der Waals surface area contributed by atoms with Gasteiger partial charge in [-0.25, -0.2) is 0 Å². The van der Waals surface area contributed by atoms with Gasteiger partial charge in [0.15, 0.2) is 0 Å². The molecule has 2 N–H and O–H groups in total. The van der Waals surface area contributed by atoms with Crippen LogP contribution >= 0.6 is 15.9 Å². The molecule has 1 aliphatic heterocycles. The van der Waals surface area contributed by atoms with Crippen molar-refractivity contribution in [3.05, 3.63) is 10.8 Å². The Hall–Kier alpha value is -0.550. The molecule has 0 radical (unpaired) electrons. The summed E-state index contributed by atoms with van der Waals surface area (Å²) in [5.74, 6) is 0. The highest BCUT2D eigenvalue weighted by Crippen LogP contribution is 2.27. The summed E-state index contributed by atoms with van der Waals surface area (Å²) in [7, 11) is 0. The molecule has 1 fully saturated rings. The van der Waals surface area contributed by atoms with Gasteiger partial charge in [-0.15, -0.1) is 0 Å². The van der Waals surface area contributed by atoms with E-state index in [9.17, 15) is 0 Å². The van der Waals surface area contributed by atoms with E-state index in [2.05, 4.69) is 21.0 Å². The first kappa shape index (κ1) is 9.02. The second kappa shape index (κ2) is 3.67. The van der Waals surface area contributed by atoms with E-state index in [1.54, 1.807) is 6.20 Å². The summed E-state index contributed by atoms with van der Waals surface area (Å²) in [5.41, 5.74) is 6.39. The average molecular weight is 246 g/mol. The second-order valence-electron chi connectivity index (χ2n) is 3.18. The summed E-state index contributed by atoms with van der Waals surface area (Å²) >= 11 is 3.42. The van der Waals surface area contributed by atoms with Gasteiger partial charge in [0.05, 0.1) is 17.9 Å². The van der Waals surface area contributed by atoms with Crippen LogP contribution in [0, 0.1) is 0 Å². The van der Waals surface area contributed by atoms with E-state index in [-0.39, 0.29) is 0 Å². The number of hydrogen-bond donors (Lipinski definition) is 1. The second-order valence-corrected chi connectivity index (χ2v) is 3.93. The fourth-order valence-corrected chi connectivity index (χ4v) is 2.03. The van der Waals surface area contributed by atoms with Gasteiger partial charge in [0.1, 0.15) is 4.60 Å². The lowest BCUT2D eigenvalue weighted by atomic mass is 10.1. The zero-order valence-corrected chi connectivity index (χ0v) is 8.83. The molecule has 0 bridgehead atoms. The molecule has 0 atom stereocenters. The van der Waals surface area contributed by atoms with Crippen LogP contribution in [-0.2, 0) is 4.74 Å². The third-order valence-electron chi connectivity index (χ3n) is 2.30. The summed E-state index contributed by atoms with van der Waals surface area (Å²) in [6.45, 7) is 1.63. The van der Waals surface area contributed by atoms with Gasteiger partial charge in [0.2, 0.25) is 0 Å². The lowest BCUT2D eigenvalue weighted by molar-refractivity contribution is 0.0656. The van der Waals surface area contributed by atoms with Crippen LogP contribution < -0.4 is 5.73 Å². The number of nitrogens with zero attached hydrogens (tertiary/aromatic N) is 2. The number of ether oxygens (including phenoxy) is 1. The molecule has 72 valence electrons. The van der Waals surface area contributed by atoms with Crippen molar-refractivity contribution >= 4 is 21.6 Å². The topological polar surface area (TPSA) is 53.1 Å². The highest BCUT2D eigenvalue weighted by atomic mass is 79.9. The van der Waals surface area contributed by atoms with Gasteiger partial charge in [-0.05, 0) is 28.8 Å². The number of nitrogens with two attached hydrogens (primary N) is 1. The first-order valence-electron chi connectivity index (χ1n) is 4.35. The van der Waals surface area contributed by atoms with Crippen LogP contribution in [0.5, 0.6) is 0 Å². The van der Waals surface area contributed by atoms with Gasteiger partial charge < -0.3 is 10.5 Å². The van der Waals surface area contributed by atoms with Crippen molar-refractivity contribution in [3.8, 4) is 0 Å². The number of anilines is 1. The first-order valence-corrected chi connectivity index (χ1v) is 5.14. The Morgan fingerprint density at radius 2 is 2.23 bits per heavy atom. The highest BCUT2D eigenvalue weighted by Gasteiger charge is 2.19. The van der Waals surface area contributed by atoms with E-state index >= 15 is 0 Å². The lowest BCUT2D eigenvalue weighted by Gasteiger charge is -2.22. The fourth-order valence-electron chi connectivity index (χ4n) is 1.54. The van der Waals surface area contributed by atoms with Crippen LogP contribution in [0.25, 0.3) is 0 Å². The zero-order valence-electron chi connectivity index (χ0n) is 7.24. The minimum Gasteiger partial charge on any atom is -0.395 e. The molecule has 5 heteroatoms. The van der Waals surface area contributed by atoms with Crippen molar-refractivity contribution in [2.24, 2.45) is 0 Å². The Morgan fingerprint density at radius 1 is 1.54 bits per heavy atom. The highest BCUT2D eigenvalue weighted by molar-refractivity contribution is 9.10. The van der Waals surface area contributed by atoms with Crippen LogP contribution in [0.2, 0.25) is 0 Å². The quantitative estimate of drug-likeness (QED) is 0.818. The minimum atomic E-state index is 0.431. The maximum atomic E-state index is 5.69.